The van der Waals surface area contributed by atoms with Gasteiger partial charge in [0.2, 0.25) is 5.91 Å². The summed E-state index contributed by atoms with van der Waals surface area (Å²) in [6, 6.07) is 23.6. The number of carbonyl (C=O) groups excluding carboxylic acids is 1. The molecule has 172 valence electrons. The van der Waals surface area contributed by atoms with Crippen LogP contribution in [0.4, 0.5) is 5.69 Å². The number of aryl methyl sites for hydroxylation is 1. The number of hydrogen-bond acceptors (Lipinski definition) is 5. The first-order valence-electron chi connectivity index (χ1n) is 11.1. The molecule has 2 atom stereocenters. The van der Waals surface area contributed by atoms with Crippen molar-refractivity contribution in [2.75, 3.05) is 37.6 Å². The first-order chi connectivity index (χ1) is 16.1. The van der Waals surface area contributed by atoms with Crippen LogP contribution in [-0.4, -0.2) is 43.1 Å². The van der Waals surface area contributed by atoms with Gasteiger partial charge in [-0.05, 0) is 18.1 Å². The van der Waals surface area contributed by atoms with Crippen LogP contribution in [-0.2, 0) is 4.79 Å². The fraction of sp³-hybridized carbons (Fsp3) is 0.296. The number of methoxy groups -OCH3 is 2. The highest BCUT2D eigenvalue weighted by Gasteiger charge is 2.33. The molecule has 1 aliphatic heterocycles. The molecule has 3 aromatic rings. The third-order valence-electron chi connectivity index (χ3n) is 5.92. The van der Waals surface area contributed by atoms with E-state index in [0.29, 0.717) is 18.0 Å². The molecule has 0 spiro atoms. The summed E-state index contributed by atoms with van der Waals surface area (Å²) in [4.78, 5) is 16.1. The van der Waals surface area contributed by atoms with Gasteiger partial charge in [-0.3, -0.25) is 4.79 Å². The molecule has 4 rings (SSSR count). The second-order valence-corrected chi connectivity index (χ2v) is 9.27. The Bertz CT molecular complexity index is 1050. The van der Waals surface area contributed by atoms with Crippen LogP contribution in [0.15, 0.2) is 72.8 Å². The van der Waals surface area contributed by atoms with Crippen molar-refractivity contribution in [3.63, 3.8) is 0 Å². The molecule has 0 radical (unpaired) electrons. The van der Waals surface area contributed by atoms with Gasteiger partial charge < -0.3 is 19.7 Å². The Kier molecular flexibility index (Phi) is 7.45. The summed E-state index contributed by atoms with van der Waals surface area (Å²) in [5.74, 6) is 3.23. The zero-order chi connectivity index (χ0) is 23.2. The van der Waals surface area contributed by atoms with Gasteiger partial charge in [-0.2, -0.15) is 11.8 Å². The first-order valence-corrected chi connectivity index (χ1v) is 12.2. The first kappa shape index (κ1) is 23.1. The van der Waals surface area contributed by atoms with E-state index in [1.807, 2.05) is 84.2 Å². The smallest absolute Gasteiger partial charge is 0.250 e. The summed E-state index contributed by atoms with van der Waals surface area (Å²) in [7, 11) is 3.24. The van der Waals surface area contributed by atoms with Gasteiger partial charge in [0.05, 0.1) is 20.3 Å². The molecule has 1 heterocycles. The minimum Gasteiger partial charge on any atom is -0.497 e. The molecular weight excluding hydrogens is 432 g/mol. The lowest BCUT2D eigenvalue weighted by Gasteiger charge is -2.38. The Balaban J connectivity index is 1.70. The van der Waals surface area contributed by atoms with E-state index >= 15 is 0 Å². The van der Waals surface area contributed by atoms with Crippen molar-refractivity contribution >= 4 is 23.4 Å². The van der Waals surface area contributed by atoms with Gasteiger partial charge in [-0.15, -0.1) is 0 Å². The van der Waals surface area contributed by atoms with Gasteiger partial charge in [0.1, 0.15) is 17.5 Å². The maximum absolute atomic E-state index is 14.1. The minimum absolute atomic E-state index is 0.0482. The maximum atomic E-state index is 14.1. The summed E-state index contributed by atoms with van der Waals surface area (Å²) in [5.41, 5.74) is 4.03. The Morgan fingerprint density at radius 3 is 2.30 bits per heavy atom. The van der Waals surface area contributed by atoms with Crippen molar-refractivity contribution in [3.8, 4) is 11.5 Å². The molecule has 1 amide bonds. The number of ether oxygens (including phenoxy) is 2. The molecule has 5 nitrogen and oxygen atoms in total. The number of carbonyl (C=O) groups is 1. The second-order valence-electron chi connectivity index (χ2n) is 8.12. The van der Waals surface area contributed by atoms with Crippen LogP contribution in [0.5, 0.6) is 11.5 Å². The molecule has 1 fully saturated rings. The molecule has 1 aliphatic rings. The molecule has 33 heavy (non-hydrogen) atoms. The van der Waals surface area contributed by atoms with Crippen molar-refractivity contribution in [1.29, 1.82) is 0 Å². The Morgan fingerprint density at radius 1 is 1.00 bits per heavy atom. The SMILES string of the molecule is COc1cc(NC(C(=O)N2CCSCC2c2ccccc2)c2ccc(C)cc2)cc(OC)c1. The quantitative estimate of drug-likeness (QED) is 0.504. The largest absolute Gasteiger partial charge is 0.497 e. The highest BCUT2D eigenvalue weighted by atomic mass is 32.2. The molecule has 3 aromatic carbocycles. The van der Waals surface area contributed by atoms with Crippen LogP contribution in [0.1, 0.15) is 28.8 Å². The van der Waals surface area contributed by atoms with Crippen LogP contribution in [0.3, 0.4) is 0 Å². The van der Waals surface area contributed by atoms with E-state index in [2.05, 4.69) is 17.4 Å². The highest BCUT2D eigenvalue weighted by Crippen LogP contribution is 2.34. The number of amides is 1. The highest BCUT2D eigenvalue weighted by molar-refractivity contribution is 7.99. The van der Waals surface area contributed by atoms with Gasteiger partial charge in [-0.25, -0.2) is 0 Å². The number of nitrogens with one attached hydrogen (secondary N) is 1. The predicted octanol–water partition coefficient (Wildman–Crippen LogP) is 5.48. The van der Waals surface area contributed by atoms with Gasteiger partial charge >= 0.3 is 0 Å². The molecule has 0 aromatic heterocycles. The number of anilines is 1. The van der Waals surface area contributed by atoms with Crippen LogP contribution in [0, 0.1) is 6.92 Å². The van der Waals surface area contributed by atoms with Gasteiger partial charge in [0.15, 0.2) is 0 Å². The van der Waals surface area contributed by atoms with E-state index in [0.717, 1.165) is 28.3 Å². The molecule has 6 heteroatoms. The van der Waals surface area contributed by atoms with E-state index < -0.39 is 6.04 Å². The number of thioether (sulfide) groups is 1. The van der Waals surface area contributed by atoms with Gasteiger partial charge in [0.25, 0.3) is 0 Å². The Morgan fingerprint density at radius 2 is 1.67 bits per heavy atom. The van der Waals surface area contributed by atoms with Crippen molar-refractivity contribution in [1.82, 2.24) is 4.90 Å². The van der Waals surface area contributed by atoms with E-state index in [-0.39, 0.29) is 11.9 Å². The zero-order valence-electron chi connectivity index (χ0n) is 19.3. The summed E-state index contributed by atoms with van der Waals surface area (Å²) >= 11 is 1.89. The van der Waals surface area contributed by atoms with Gasteiger partial charge in [0, 0.05) is 41.9 Å². The van der Waals surface area contributed by atoms with Crippen molar-refractivity contribution in [3.05, 3.63) is 89.5 Å². The average Bonchev–Trinajstić information content (AvgIpc) is 2.87. The normalized spacial score (nSPS) is 16.7. The lowest BCUT2D eigenvalue weighted by Crippen LogP contribution is -2.44. The Hall–Kier alpha value is -3.12. The second kappa shape index (κ2) is 10.7. The molecule has 2 unspecified atom stereocenters. The summed E-state index contributed by atoms with van der Waals surface area (Å²) in [5, 5.41) is 3.48. The minimum atomic E-state index is -0.531. The van der Waals surface area contributed by atoms with E-state index in [1.165, 1.54) is 5.56 Å². The Labute approximate surface area is 200 Å². The third-order valence-corrected chi connectivity index (χ3v) is 6.94. The number of hydrogen-bond donors (Lipinski definition) is 1. The van der Waals surface area contributed by atoms with E-state index in [4.69, 9.17) is 9.47 Å². The number of benzene rings is 3. The lowest BCUT2D eigenvalue weighted by molar-refractivity contribution is -0.134. The third kappa shape index (κ3) is 5.45. The summed E-state index contributed by atoms with van der Waals surface area (Å²) in [6.45, 7) is 2.77. The zero-order valence-corrected chi connectivity index (χ0v) is 20.1. The molecule has 0 aliphatic carbocycles. The van der Waals surface area contributed by atoms with Crippen LogP contribution < -0.4 is 14.8 Å². The maximum Gasteiger partial charge on any atom is 0.250 e. The summed E-state index contributed by atoms with van der Waals surface area (Å²) in [6.07, 6.45) is 0. The fourth-order valence-corrected chi connectivity index (χ4v) is 5.18. The predicted molar refractivity (Wildman–Crippen MR) is 135 cm³/mol. The number of nitrogens with zero attached hydrogens (tertiary/aromatic N) is 1. The van der Waals surface area contributed by atoms with Crippen LogP contribution in [0.2, 0.25) is 0 Å². The standard InChI is InChI=1S/C27H30N2O3S/c1-19-9-11-21(12-10-19)26(28-22-15-23(31-2)17-24(16-22)32-3)27(30)29-13-14-33-18-25(29)20-7-5-4-6-8-20/h4-12,15-17,25-26,28H,13-14,18H2,1-3H3. The van der Waals surface area contributed by atoms with Crippen LogP contribution >= 0.6 is 11.8 Å². The average molecular weight is 463 g/mol. The molecule has 1 saturated heterocycles. The molecular formula is C27H30N2O3S. The van der Waals surface area contributed by atoms with Crippen molar-refractivity contribution < 1.29 is 14.3 Å². The topological polar surface area (TPSA) is 50.8 Å². The van der Waals surface area contributed by atoms with Crippen molar-refractivity contribution in [2.24, 2.45) is 0 Å². The monoisotopic (exact) mass is 462 g/mol. The number of rotatable bonds is 7. The fourth-order valence-electron chi connectivity index (χ4n) is 4.09. The van der Waals surface area contributed by atoms with E-state index in [1.54, 1.807) is 14.2 Å². The lowest BCUT2D eigenvalue weighted by atomic mass is 10.0. The molecule has 1 N–H and O–H groups in total. The van der Waals surface area contributed by atoms with Crippen molar-refractivity contribution in [2.45, 2.75) is 19.0 Å². The van der Waals surface area contributed by atoms with Crippen LogP contribution in [0.25, 0.3) is 0 Å². The molecule has 0 bridgehead atoms. The van der Waals surface area contributed by atoms with E-state index in [9.17, 15) is 4.79 Å². The van der Waals surface area contributed by atoms with Gasteiger partial charge in [-0.1, -0.05) is 60.2 Å². The molecule has 0 saturated carbocycles. The summed E-state index contributed by atoms with van der Waals surface area (Å²) < 4.78 is 10.9.